The second kappa shape index (κ2) is 6.86. The fourth-order valence-corrected chi connectivity index (χ4v) is 5.55. The van der Waals surface area contributed by atoms with Gasteiger partial charge in [0.1, 0.15) is 0 Å². The molecule has 140 valence electrons. The van der Waals surface area contributed by atoms with Gasteiger partial charge in [0.2, 0.25) is 0 Å². The minimum Gasteiger partial charge on any atom is -0.392 e. The number of hydrogen-bond acceptors (Lipinski definition) is 4. The summed E-state index contributed by atoms with van der Waals surface area (Å²) in [5.74, 6) is 0.814. The van der Waals surface area contributed by atoms with Crippen molar-refractivity contribution in [3.63, 3.8) is 0 Å². The predicted molar refractivity (Wildman–Crippen MR) is 96.0 cm³/mol. The van der Waals surface area contributed by atoms with Crippen molar-refractivity contribution in [3.8, 4) is 0 Å². The van der Waals surface area contributed by atoms with E-state index < -0.39 is 0 Å². The molecule has 4 heteroatoms. The van der Waals surface area contributed by atoms with Gasteiger partial charge in [-0.15, -0.1) is 0 Å². The largest absolute Gasteiger partial charge is 0.392 e. The Labute approximate surface area is 147 Å². The highest BCUT2D eigenvalue weighted by Gasteiger charge is 2.61. The molecule has 4 nitrogen and oxygen atoms in total. The zero-order valence-corrected chi connectivity index (χ0v) is 16.3. The van der Waals surface area contributed by atoms with Crippen LogP contribution in [0, 0.1) is 16.7 Å². The molecule has 24 heavy (non-hydrogen) atoms. The van der Waals surface area contributed by atoms with Gasteiger partial charge in [-0.05, 0) is 56.3 Å². The van der Waals surface area contributed by atoms with Crippen LogP contribution in [-0.2, 0) is 9.47 Å². The molecule has 0 aromatic heterocycles. The Hall–Kier alpha value is -0.160. The van der Waals surface area contributed by atoms with Crippen LogP contribution in [-0.4, -0.2) is 60.7 Å². The van der Waals surface area contributed by atoms with Gasteiger partial charge in [0.15, 0.2) is 0 Å². The zero-order chi connectivity index (χ0) is 17.5. The van der Waals surface area contributed by atoms with Crippen LogP contribution < -0.4 is 0 Å². The minimum atomic E-state index is -0.304. The van der Waals surface area contributed by atoms with Gasteiger partial charge >= 0.3 is 0 Å². The average molecular weight is 340 g/mol. The molecular weight excluding hydrogens is 302 g/mol. The molecule has 2 aliphatic carbocycles. The summed E-state index contributed by atoms with van der Waals surface area (Å²) in [7, 11) is 0. The second-order valence-corrected chi connectivity index (χ2v) is 9.39. The van der Waals surface area contributed by atoms with Crippen LogP contribution in [0.2, 0.25) is 0 Å². The summed E-state index contributed by atoms with van der Waals surface area (Å²) in [4.78, 5) is 2.32. The Morgan fingerprint density at radius 3 is 2.42 bits per heavy atom. The normalized spacial score (nSPS) is 43.2. The Morgan fingerprint density at radius 1 is 1.21 bits per heavy atom. The molecule has 1 heterocycles. The van der Waals surface area contributed by atoms with Crippen molar-refractivity contribution in [2.24, 2.45) is 16.7 Å². The number of fused-ring (bicyclic) bond motifs is 2. The number of aliphatic hydroxyl groups excluding tert-OH is 1. The van der Waals surface area contributed by atoms with E-state index in [-0.39, 0.29) is 18.3 Å². The number of rotatable bonds is 6. The van der Waals surface area contributed by atoms with Gasteiger partial charge in [-0.25, -0.2) is 0 Å². The number of hydrogen-bond donors (Lipinski definition) is 1. The Balaban J connectivity index is 1.41. The van der Waals surface area contributed by atoms with Gasteiger partial charge < -0.3 is 14.6 Å². The van der Waals surface area contributed by atoms with Crippen LogP contribution in [0.1, 0.15) is 60.3 Å². The van der Waals surface area contributed by atoms with Crippen molar-refractivity contribution in [3.05, 3.63) is 0 Å². The second-order valence-electron chi connectivity index (χ2n) is 9.39. The average Bonchev–Trinajstić information content (AvgIpc) is 2.79. The van der Waals surface area contributed by atoms with Crippen molar-refractivity contribution in [2.75, 3.05) is 26.2 Å². The minimum absolute atomic E-state index is 0.258. The molecule has 2 bridgehead atoms. The van der Waals surface area contributed by atoms with Crippen molar-refractivity contribution >= 4 is 0 Å². The highest BCUT2D eigenvalue weighted by molar-refractivity contribution is 5.11. The molecule has 0 amide bonds. The zero-order valence-electron chi connectivity index (χ0n) is 16.3. The van der Waals surface area contributed by atoms with E-state index in [9.17, 15) is 5.11 Å². The van der Waals surface area contributed by atoms with Gasteiger partial charge in [-0.1, -0.05) is 20.8 Å². The Kier molecular flexibility index (Phi) is 5.33. The molecule has 0 spiro atoms. The predicted octanol–water partition coefficient (Wildman–Crippen LogP) is 3.08. The first-order valence-electron chi connectivity index (χ1n) is 9.90. The summed E-state index contributed by atoms with van der Waals surface area (Å²) in [5, 5.41) is 10.4. The van der Waals surface area contributed by atoms with Crippen molar-refractivity contribution < 1.29 is 14.6 Å². The lowest BCUT2D eigenvalue weighted by molar-refractivity contribution is -0.0825. The van der Waals surface area contributed by atoms with Crippen molar-refractivity contribution in [1.29, 1.82) is 0 Å². The summed E-state index contributed by atoms with van der Waals surface area (Å²) >= 11 is 0. The number of nitrogens with zero attached hydrogens (tertiary/aromatic N) is 1. The van der Waals surface area contributed by atoms with E-state index >= 15 is 0 Å². The van der Waals surface area contributed by atoms with Crippen LogP contribution in [0.4, 0.5) is 0 Å². The van der Waals surface area contributed by atoms with E-state index in [0.29, 0.717) is 23.5 Å². The fraction of sp³-hybridized carbons (Fsp3) is 1.00. The summed E-state index contributed by atoms with van der Waals surface area (Å²) < 4.78 is 12.0. The molecule has 0 aromatic carbocycles. The first-order chi connectivity index (χ1) is 11.2. The van der Waals surface area contributed by atoms with Gasteiger partial charge in [-0.2, -0.15) is 0 Å². The highest BCUT2D eigenvalue weighted by Crippen LogP contribution is 2.66. The third kappa shape index (κ3) is 3.40. The maximum atomic E-state index is 10.4. The van der Waals surface area contributed by atoms with E-state index in [1.807, 2.05) is 0 Å². The quantitative estimate of drug-likeness (QED) is 0.807. The van der Waals surface area contributed by atoms with E-state index in [1.165, 1.54) is 19.3 Å². The highest BCUT2D eigenvalue weighted by atomic mass is 16.5. The summed E-state index contributed by atoms with van der Waals surface area (Å²) in [6, 6.07) is 0. The first-order valence-corrected chi connectivity index (χ1v) is 9.90. The molecule has 1 aliphatic heterocycles. The van der Waals surface area contributed by atoms with Crippen molar-refractivity contribution in [2.45, 2.75) is 84.7 Å². The van der Waals surface area contributed by atoms with Crippen LogP contribution in [0.15, 0.2) is 0 Å². The smallest absolute Gasteiger partial charge is 0.0689 e. The maximum absolute atomic E-state index is 10.4. The van der Waals surface area contributed by atoms with E-state index in [4.69, 9.17) is 9.47 Å². The Bertz CT molecular complexity index is 431. The molecule has 1 saturated heterocycles. The standard InChI is InChI=1S/C20H37NO3/c1-14-11-21(12-15(2)24-14)13-17(22)7-9-23-18-10-16-6-8-20(18,5)19(16,3)4/h14-18,22H,6-13H2,1-5H3/t14-,15-,16-,17-,18-,20-/m1/s1. The molecule has 3 aliphatic rings. The van der Waals surface area contributed by atoms with Gasteiger partial charge in [0.05, 0.1) is 24.4 Å². The summed E-state index contributed by atoms with van der Waals surface area (Å²) in [6.07, 6.45) is 5.18. The number of ether oxygens (including phenoxy) is 2. The third-order valence-electron chi connectivity index (χ3n) is 7.45. The van der Waals surface area contributed by atoms with E-state index in [0.717, 1.165) is 32.0 Å². The number of morpholine rings is 1. The monoisotopic (exact) mass is 339 g/mol. The molecule has 3 fully saturated rings. The molecule has 6 atom stereocenters. The SMILES string of the molecule is C[C@@H]1CN(C[C@H](O)CCO[C@@H]2C[C@H]3CC[C@@]2(C)C3(C)C)C[C@@H](C)O1. The molecular formula is C20H37NO3. The fourth-order valence-electron chi connectivity index (χ4n) is 5.55. The lowest BCUT2D eigenvalue weighted by Crippen LogP contribution is -2.48. The molecule has 0 radical (unpaired) electrons. The summed E-state index contributed by atoms with van der Waals surface area (Å²) in [5.41, 5.74) is 0.716. The van der Waals surface area contributed by atoms with Crippen LogP contribution in [0.25, 0.3) is 0 Å². The molecule has 1 N–H and O–H groups in total. The molecule has 3 rings (SSSR count). The number of β-amino-alcohol motifs (C(OH)–C–C–N with tert-alkyl or cyclic N) is 1. The van der Waals surface area contributed by atoms with Crippen molar-refractivity contribution in [1.82, 2.24) is 4.90 Å². The molecule has 2 saturated carbocycles. The van der Waals surface area contributed by atoms with Gasteiger partial charge in [0.25, 0.3) is 0 Å². The lowest BCUT2D eigenvalue weighted by atomic mass is 9.70. The van der Waals surface area contributed by atoms with Gasteiger partial charge in [-0.3, -0.25) is 4.90 Å². The van der Waals surface area contributed by atoms with Crippen LogP contribution >= 0.6 is 0 Å². The summed E-state index contributed by atoms with van der Waals surface area (Å²) in [6.45, 7) is 14.7. The third-order valence-corrected chi connectivity index (χ3v) is 7.45. The molecule has 0 unspecified atom stereocenters. The van der Waals surface area contributed by atoms with Crippen LogP contribution in [0.3, 0.4) is 0 Å². The first kappa shape index (κ1) is 18.6. The Morgan fingerprint density at radius 2 is 1.88 bits per heavy atom. The van der Waals surface area contributed by atoms with Gasteiger partial charge in [0, 0.05) is 26.2 Å². The van der Waals surface area contributed by atoms with E-state index in [1.54, 1.807) is 0 Å². The van der Waals surface area contributed by atoms with Crippen LogP contribution in [0.5, 0.6) is 0 Å². The topological polar surface area (TPSA) is 41.9 Å². The lowest BCUT2D eigenvalue weighted by Gasteiger charge is -2.39. The number of aliphatic hydroxyl groups is 1. The molecule has 0 aromatic rings. The maximum Gasteiger partial charge on any atom is 0.0689 e. The van der Waals surface area contributed by atoms with E-state index in [2.05, 4.69) is 39.5 Å².